The summed E-state index contributed by atoms with van der Waals surface area (Å²) in [5.41, 5.74) is 1.90. The highest BCUT2D eigenvalue weighted by Crippen LogP contribution is 2.25. The molecule has 126 valence electrons. The SMILES string of the molecule is CC(O)C1CCN(C(=O)c2ccc(SCc3cccnc3)cc2)C1. The van der Waals surface area contributed by atoms with Crippen molar-refractivity contribution in [3.8, 4) is 0 Å². The average molecular weight is 342 g/mol. The van der Waals surface area contributed by atoms with Gasteiger partial charge in [0.2, 0.25) is 0 Å². The van der Waals surface area contributed by atoms with Crippen LogP contribution in [0, 0.1) is 5.92 Å². The highest BCUT2D eigenvalue weighted by Gasteiger charge is 2.29. The number of carbonyl (C=O) groups excluding carboxylic acids is 1. The lowest BCUT2D eigenvalue weighted by molar-refractivity contribution is 0.0762. The van der Waals surface area contributed by atoms with E-state index in [-0.39, 0.29) is 17.9 Å². The Kier molecular flexibility index (Phi) is 5.53. The van der Waals surface area contributed by atoms with Crippen LogP contribution in [0.4, 0.5) is 0 Å². The Bertz CT molecular complexity index is 674. The monoisotopic (exact) mass is 342 g/mol. The minimum atomic E-state index is -0.353. The molecule has 0 spiro atoms. The number of benzene rings is 1. The predicted octanol–water partition coefficient (Wildman–Crippen LogP) is 3.22. The van der Waals surface area contributed by atoms with E-state index in [9.17, 15) is 9.90 Å². The van der Waals surface area contributed by atoms with Crippen molar-refractivity contribution in [3.63, 3.8) is 0 Å². The van der Waals surface area contributed by atoms with Gasteiger partial charge in [-0.25, -0.2) is 0 Å². The van der Waals surface area contributed by atoms with Crippen molar-refractivity contribution in [1.82, 2.24) is 9.88 Å². The predicted molar refractivity (Wildman–Crippen MR) is 95.9 cm³/mol. The highest BCUT2D eigenvalue weighted by molar-refractivity contribution is 7.98. The summed E-state index contributed by atoms with van der Waals surface area (Å²) < 4.78 is 0. The summed E-state index contributed by atoms with van der Waals surface area (Å²) in [7, 11) is 0. The summed E-state index contributed by atoms with van der Waals surface area (Å²) in [5.74, 6) is 1.12. The largest absolute Gasteiger partial charge is 0.393 e. The molecule has 0 aliphatic carbocycles. The molecule has 1 N–H and O–H groups in total. The fourth-order valence-electron chi connectivity index (χ4n) is 2.89. The number of hydrogen-bond donors (Lipinski definition) is 1. The maximum absolute atomic E-state index is 12.5. The second-order valence-electron chi connectivity index (χ2n) is 6.21. The van der Waals surface area contributed by atoms with Crippen molar-refractivity contribution in [3.05, 3.63) is 59.9 Å². The Hall–Kier alpha value is -1.85. The van der Waals surface area contributed by atoms with Crippen molar-refractivity contribution >= 4 is 17.7 Å². The number of thioether (sulfide) groups is 1. The van der Waals surface area contributed by atoms with E-state index < -0.39 is 0 Å². The Balaban J connectivity index is 1.57. The third-order valence-electron chi connectivity index (χ3n) is 4.42. The van der Waals surface area contributed by atoms with Gasteiger partial charge >= 0.3 is 0 Å². The normalized spacial score (nSPS) is 18.6. The fourth-order valence-corrected chi connectivity index (χ4v) is 3.72. The van der Waals surface area contributed by atoms with Gasteiger partial charge in [-0.3, -0.25) is 9.78 Å². The Morgan fingerprint density at radius 2 is 2.17 bits per heavy atom. The number of aliphatic hydroxyl groups is 1. The van der Waals surface area contributed by atoms with Crippen molar-refractivity contribution in [2.75, 3.05) is 13.1 Å². The van der Waals surface area contributed by atoms with Crippen molar-refractivity contribution in [1.29, 1.82) is 0 Å². The van der Waals surface area contributed by atoms with Gasteiger partial charge in [0.25, 0.3) is 5.91 Å². The Morgan fingerprint density at radius 3 is 2.79 bits per heavy atom. The summed E-state index contributed by atoms with van der Waals surface area (Å²) in [6.07, 6.45) is 4.17. The topological polar surface area (TPSA) is 53.4 Å². The molecule has 2 aromatic rings. The van der Waals surface area contributed by atoms with Crippen LogP contribution in [0.2, 0.25) is 0 Å². The molecule has 3 rings (SSSR count). The highest BCUT2D eigenvalue weighted by atomic mass is 32.2. The molecule has 1 saturated heterocycles. The molecule has 24 heavy (non-hydrogen) atoms. The van der Waals surface area contributed by atoms with E-state index in [0.29, 0.717) is 12.1 Å². The lowest BCUT2D eigenvalue weighted by atomic mass is 10.0. The standard InChI is InChI=1S/C19H22N2O2S/c1-14(22)17-8-10-21(12-17)19(23)16-4-6-18(7-5-16)24-13-15-3-2-9-20-11-15/h2-7,9,11,14,17,22H,8,10,12-13H2,1H3. The first kappa shape index (κ1) is 17.0. The van der Waals surface area contributed by atoms with Crippen LogP contribution in [0.15, 0.2) is 53.7 Å². The van der Waals surface area contributed by atoms with E-state index in [1.807, 2.05) is 41.4 Å². The van der Waals surface area contributed by atoms with Gasteiger partial charge in [0, 0.05) is 47.6 Å². The molecular formula is C19H22N2O2S. The molecule has 0 bridgehead atoms. The number of carbonyl (C=O) groups is 1. The van der Waals surface area contributed by atoms with Gasteiger partial charge in [-0.15, -0.1) is 11.8 Å². The number of aromatic nitrogens is 1. The van der Waals surface area contributed by atoms with Crippen LogP contribution in [0.5, 0.6) is 0 Å². The van der Waals surface area contributed by atoms with E-state index >= 15 is 0 Å². The minimum absolute atomic E-state index is 0.0574. The summed E-state index contributed by atoms with van der Waals surface area (Å²) in [4.78, 5) is 19.6. The van der Waals surface area contributed by atoms with Crippen LogP contribution >= 0.6 is 11.8 Å². The van der Waals surface area contributed by atoms with Crippen LogP contribution in [-0.2, 0) is 5.75 Å². The lowest BCUT2D eigenvalue weighted by Gasteiger charge is -2.18. The molecule has 1 aliphatic heterocycles. The molecular weight excluding hydrogens is 320 g/mol. The molecule has 1 aromatic heterocycles. The Labute approximate surface area is 146 Å². The van der Waals surface area contributed by atoms with E-state index in [4.69, 9.17) is 0 Å². The second kappa shape index (κ2) is 7.81. The molecule has 1 aromatic carbocycles. The molecule has 0 saturated carbocycles. The average Bonchev–Trinajstić information content (AvgIpc) is 3.11. The van der Waals surface area contributed by atoms with Gasteiger partial charge in [-0.1, -0.05) is 6.07 Å². The summed E-state index contributed by atoms with van der Waals surface area (Å²) in [6.45, 7) is 3.17. The van der Waals surface area contributed by atoms with Gasteiger partial charge in [0.15, 0.2) is 0 Å². The quantitative estimate of drug-likeness (QED) is 0.848. The van der Waals surface area contributed by atoms with E-state index in [1.54, 1.807) is 24.9 Å². The van der Waals surface area contributed by atoms with Crippen molar-refractivity contribution < 1.29 is 9.90 Å². The van der Waals surface area contributed by atoms with Gasteiger partial charge < -0.3 is 10.0 Å². The third kappa shape index (κ3) is 4.16. The summed E-state index contributed by atoms with van der Waals surface area (Å²) in [6, 6.07) is 11.8. The molecule has 0 radical (unpaired) electrons. The Morgan fingerprint density at radius 1 is 1.38 bits per heavy atom. The van der Waals surface area contributed by atoms with Crippen LogP contribution in [-0.4, -0.2) is 40.1 Å². The van der Waals surface area contributed by atoms with E-state index in [2.05, 4.69) is 11.1 Å². The smallest absolute Gasteiger partial charge is 0.253 e. The van der Waals surface area contributed by atoms with E-state index in [1.165, 1.54) is 5.56 Å². The first-order valence-electron chi connectivity index (χ1n) is 8.22. The van der Waals surface area contributed by atoms with Crippen molar-refractivity contribution in [2.24, 2.45) is 5.92 Å². The number of aliphatic hydroxyl groups excluding tert-OH is 1. The van der Waals surface area contributed by atoms with Gasteiger partial charge in [0.1, 0.15) is 0 Å². The van der Waals surface area contributed by atoms with Gasteiger partial charge in [-0.2, -0.15) is 0 Å². The third-order valence-corrected chi connectivity index (χ3v) is 5.51. The van der Waals surface area contributed by atoms with Crippen LogP contribution in [0.25, 0.3) is 0 Å². The zero-order valence-electron chi connectivity index (χ0n) is 13.8. The molecule has 2 heterocycles. The van der Waals surface area contributed by atoms with Crippen LogP contribution in [0.3, 0.4) is 0 Å². The number of pyridine rings is 1. The van der Waals surface area contributed by atoms with Gasteiger partial charge in [0.05, 0.1) is 6.10 Å². The minimum Gasteiger partial charge on any atom is -0.393 e. The molecule has 1 amide bonds. The number of amides is 1. The molecule has 1 aliphatic rings. The summed E-state index contributed by atoms with van der Waals surface area (Å²) in [5, 5.41) is 9.67. The molecule has 2 atom stereocenters. The fraction of sp³-hybridized carbons (Fsp3) is 0.368. The molecule has 5 heteroatoms. The molecule has 2 unspecified atom stereocenters. The number of likely N-dealkylation sites (tertiary alicyclic amines) is 1. The lowest BCUT2D eigenvalue weighted by Crippen LogP contribution is -2.30. The van der Waals surface area contributed by atoms with E-state index in [0.717, 1.165) is 23.6 Å². The van der Waals surface area contributed by atoms with Crippen LogP contribution in [0.1, 0.15) is 29.3 Å². The molecule has 1 fully saturated rings. The van der Waals surface area contributed by atoms with Crippen LogP contribution < -0.4 is 0 Å². The second-order valence-corrected chi connectivity index (χ2v) is 7.26. The first-order chi connectivity index (χ1) is 11.6. The van der Waals surface area contributed by atoms with Crippen molar-refractivity contribution in [2.45, 2.75) is 30.1 Å². The first-order valence-corrected chi connectivity index (χ1v) is 9.21. The number of rotatable bonds is 5. The van der Waals surface area contributed by atoms with Gasteiger partial charge in [-0.05, 0) is 49.2 Å². The maximum atomic E-state index is 12.5. The molecule has 4 nitrogen and oxygen atoms in total. The summed E-state index contributed by atoms with van der Waals surface area (Å²) >= 11 is 1.73. The maximum Gasteiger partial charge on any atom is 0.253 e. The number of hydrogen-bond acceptors (Lipinski definition) is 4. The number of nitrogens with zero attached hydrogens (tertiary/aromatic N) is 2. The zero-order valence-corrected chi connectivity index (χ0v) is 14.6. The zero-order chi connectivity index (χ0) is 16.9.